The van der Waals surface area contributed by atoms with E-state index in [-0.39, 0.29) is 11.5 Å². The smallest absolute Gasteiger partial charge is 0.282 e. The second kappa shape index (κ2) is 5.68. The predicted octanol–water partition coefficient (Wildman–Crippen LogP) is 1.17. The molecule has 0 aliphatic carbocycles. The number of nitrogens with zero attached hydrogens (tertiary/aromatic N) is 2. The van der Waals surface area contributed by atoms with Crippen molar-refractivity contribution >= 4 is 10.2 Å². The van der Waals surface area contributed by atoms with E-state index in [9.17, 15) is 8.42 Å². The van der Waals surface area contributed by atoms with E-state index < -0.39 is 10.2 Å². The van der Waals surface area contributed by atoms with Gasteiger partial charge >= 0.3 is 0 Å². The number of rotatable bonds is 3. The fourth-order valence-electron chi connectivity index (χ4n) is 3.23. The third kappa shape index (κ3) is 3.29. The Hall–Kier alpha value is -0.170. The molecule has 2 N–H and O–H groups in total. The lowest BCUT2D eigenvalue weighted by molar-refractivity contribution is 0.165. The summed E-state index contributed by atoms with van der Waals surface area (Å²) in [5.74, 6) is 0. The molecule has 112 valence electrons. The molecule has 0 bridgehead atoms. The summed E-state index contributed by atoms with van der Waals surface area (Å²) in [6.45, 7) is 6.62. The van der Waals surface area contributed by atoms with Gasteiger partial charge in [-0.05, 0) is 31.1 Å². The molecule has 2 aliphatic rings. The van der Waals surface area contributed by atoms with Crippen LogP contribution in [-0.4, -0.2) is 49.2 Å². The van der Waals surface area contributed by atoms with Gasteiger partial charge in [-0.25, -0.2) is 0 Å². The van der Waals surface area contributed by atoms with Crippen molar-refractivity contribution in [2.24, 2.45) is 11.1 Å². The molecular weight excluding hydrogens is 262 g/mol. The first kappa shape index (κ1) is 15.2. The monoisotopic (exact) mass is 289 g/mol. The normalized spacial score (nSPS) is 30.4. The third-order valence-corrected chi connectivity index (χ3v) is 6.37. The molecule has 0 aromatic rings. The van der Waals surface area contributed by atoms with Crippen LogP contribution in [-0.2, 0) is 10.2 Å². The summed E-state index contributed by atoms with van der Waals surface area (Å²) in [4.78, 5) is 0. The third-order valence-electron chi connectivity index (χ3n) is 4.33. The Morgan fingerprint density at radius 1 is 1.21 bits per heavy atom. The van der Waals surface area contributed by atoms with Crippen LogP contribution in [0.2, 0.25) is 0 Å². The summed E-state index contributed by atoms with van der Waals surface area (Å²) in [5.41, 5.74) is 5.83. The van der Waals surface area contributed by atoms with Crippen LogP contribution in [0.4, 0.5) is 0 Å². The molecule has 2 heterocycles. The van der Waals surface area contributed by atoms with Crippen LogP contribution in [0.25, 0.3) is 0 Å². The van der Waals surface area contributed by atoms with Crippen molar-refractivity contribution in [3.05, 3.63) is 0 Å². The Labute approximate surface area is 117 Å². The minimum absolute atomic E-state index is 0.0104. The molecule has 0 aromatic carbocycles. The van der Waals surface area contributed by atoms with E-state index in [2.05, 4.69) is 13.8 Å². The van der Waals surface area contributed by atoms with Gasteiger partial charge in [0.1, 0.15) is 0 Å². The van der Waals surface area contributed by atoms with Crippen molar-refractivity contribution in [3.63, 3.8) is 0 Å². The van der Waals surface area contributed by atoms with Gasteiger partial charge in [-0.1, -0.05) is 20.3 Å². The summed E-state index contributed by atoms with van der Waals surface area (Å²) in [6, 6.07) is -0.0104. The van der Waals surface area contributed by atoms with Gasteiger partial charge in [0.15, 0.2) is 0 Å². The van der Waals surface area contributed by atoms with Crippen LogP contribution in [0, 0.1) is 5.41 Å². The van der Waals surface area contributed by atoms with E-state index in [1.54, 1.807) is 8.61 Å². The number of piperidine rings is 2. The van der Waals surface area contributed by atoms with Crippen LogP contribution >= 0.6 is 0 Å². The average Bonchev–Trinajstić information content (AvgIpc) is 2.37. The van der Waals surface area contributed by atoms with Gasteiger partial charge < -0.3 is 5.73 Å². The predicted molar refractivity (Wildman–Crippen MR) is 76.9 cm³/mol. The Balaban J connectivity index is 2.16. The van der Waals surface area contributed by atoms with Gasteiger partial charge in [0.25, 0.3) is 10.2 Å². The van der Waals surface area contributed by atoms with Crippen molar-refractivity contribution < 1.29 is 8.42 Å². The van der Waals surface area contributed by atoms with E-state index in [0.717, 1.165) is 32.1 Å². The molecule has 0 spiro atoms. The van der Waals surface area contributed by atoms with Gasteiger partial charge in [0, 0.05) is 32.2 Å². The Morgan fingerprint density at radius 3 is 2.58 bits per heavy atom. The minimum atomic E-state index is -3.33. The first-order chi connectivity index (χ1) is 8.87. The molecule has 2 aliphatic heterocycles. The lowest BCUT2D eigenvalue weighted by atomic mass is 9.85. The molecule has 0 radical (unpaired) electrons. The van der Waals surface area contributed by atoms with Gasteiger partial charge in [0.05, 0.1) is 0 Å². The van der Waals surface area contributed by atoms with Crippen LogP contribution in [0.1, 0.15) is 46.0 Å². The maximum Gasteiger partial charge on any atom is 0.282 e. The van der Waals surface area contributed by atoms with Gasteiger partial charge in [-0.3, -0.25) is 0 Å². The zero-order valence-electron chi connectivity index (χ0n) is 12.1. The van der Waals surface area contributed by atoms with E-state index in [0.29, 0.717) is 26.2 Å². The van der Waals surface area contributed by atoms with Crippen LogP contribution in [0.3, 0.4) is 0 Å². The lowest BCUT2D eigenvalue weighted by Crippen LogP contribution is -2.55. The first-order valence-corrected chi connectivity index (χ1v) is 8.73. The van der Waals surface area contributed by atoms with Gasteiger partial charge in [-0.2, -0.15) is 17.0 Å². The van der Waals surface area contributed by atoms with Crippen molar-refractivity contribution in [2.75, 3.05) is 26.2 Å². The summed E-state index contributed by atoms with van der Waals surface area (Å²) < 4.78 is 28.9. The van der Waals surface area contributed by atoms with Crippen LogP contribution in [0.15, 0.2) is 0 Å². The molecule has 0 saturated carbocycles. The van der Waals surface area contributed by atoms with Gasteiger partial charge in [-0.15, -0.1) is 0 Å². The SMILES string of the molecule is CC1(C)CCCN(S(=O)(=O)N2CCCCC2CN)C1. The van der Waals surface area contributed by atoms with E-state index in [1.807, 2.05) is 0 Å². The number of nitrogens with two attached hydrogens (primary N) is 1. The fourth-order valence-corrected chi connectivity index (χ4v) is 5.33. The van der Waals surface area contributed by atoms with E-state index >= 15 is 0 Å². The van der Waals surface area contributed by atoms with Crippen molar-refractivity contribution in [1.29, 1.82) is 0 Å². The Morgan fingerprint density at radius 2 is 1.95 bits per heavy atom. The van der Waals surface area contributed by atoms with Crippen LogP contribution < -0.4 is 5.73 Å². The quantitative estimate of drug-likeness (QED) is 0.848. The van der Waals surface area contributed by atoms with Gasteiger partial charge in [0.2, 0.25) is 0 Å². The highest BCUT2D eigenvalue weighted by Crippen LogP contribution is 2.32. The highest BCUT2D eigenvalue weighted by molar-refractivity contribution is 7.86. The van der Waals surface area contributed by atoms with Crippen molar-refractivity contribution in [2.45, 2.75) is 52.0 Å². The zero-order valence-corrected chi connectivity index (χ0v) is 13.0. The molecule has 19 heavy (non-hydrogen) atoms. The molecule has 2 saturated heterocycles. The largest absolute Gasteiger partial charge is 0.329 e. The topological polar surface area (TPSA) is 66.6 Å². The van der Waals surface area contributed by atoms with Crippen molar-refractivity contribution in [1.82, 2.24) is 8.61 Å². The minimum Gasteiger partial charge on any atom is -0.329 e. The molecule has 0 aromatic heterocycles. The second-order valence-electron chi connectivity index (χ2n) is 6.61. The Kier molecular flexibility index (Phi) is 4.55. The second-order valence-corrected chi connectivity index (χ2v) is 8.49. The average molecular weight is 289 g/mol. The lowest BCUT2D eigenvalue weighted by Gasteiger charge is -2.42. The molecule has 1 atom stereocenters. The highest BCUT2D eigenvalue weighted by atomic mass is 32.2. The standard InChI is InChI=1S/C13H27N3O2S/c1-13(2)7-5-8-15(11-13)19(17,18)16-9-4-3-6-12(16)10-14/h12H,3-11,14H2,1-2H3. The molecule has 0 amide bonds. The number of hydrogen-bond donors (Lipinski definition) is 1. The van der Waals surface area contributed by atoms with Crippen LogP contribution in [0.5, 0.6) is 0 Å². The fraction of sp³-hybridized carbons (Fsp3) is 1.00. The van der Waals surface area contributed by atoms with E-state index in [4.69, 9.17) is 5.73 Å². The first-order valence-electron chi connectivity index (χ1n) is 7.34. The zero-order chi connectivity index (χ0) is 14.1. The van der Waals surface area contributed by atoms with Crippen molar-refractivity contribution in [3.8, 4) is 0 Å². The Bertz CT molecular complexity index is 408. The van der Waals surface area contributed by atoms with E-state index in [1.165, 1.54) is 0 Å². The maximum absolute atomic E-state index is 12.8. The molecule has 1 unspecified atom stereocenters. The molecule has 5 nitrogen and oxygen atoms in total. The highest BCUT2D eigenvalue weighted by Gasteiger charge is 2.39. The molecule has 6 heteroatoms. The molecule has 2 rings (SSSR count). The molecular formula is C13H27N3O2S. The summed E-state index contributed by atoms with van der Waals surface area (Å²) >= 11 is 0. The molecule has 2 fully saturated rings. The summed E-state index contributed by atoms with van der Waals surface area (Å²) in [5, 5.41) is 0. The summed E-state index contributed by atoms with van der Waals surface area (Å²) in [7, 11) is -3.33. The number of hydrogen-bond acceptors (Lipinski definition) is 3. The maximum atomic E-state index is 12.8. The summed E-state index contributed by atoms with van der Waals surface area (Å²) in [6.07, 6.45) is 4.98.